The molecule has 0 unspecified atom stereocenters. The van der Waals surface area contributed by atoms with Crippen molar-refractivity contribution in [2.75, 3.05) is 13.1 Å². The van der Waals surface area contributed by atoms with Gasteiger partial charge in [0.15, 0.2) is 0 Å². The summed E-state index contributed by atoms with van der Waals surface area (Å²) in [5.74, 6) is -0.179. The van der Waals surface area contributed by atoms with Crippen molar-refractivity contribution >= 4 is 0 Å². The van der Waals surface area contributed by atoms with Crippen LogP contribution in [0.3, 0.4) is 0 Å². The first-order chi connectivity index (χ1) is 7.47. The van der Waals surface area contributed by atoms with Crippen molar-refractivity contribution in [3.8, 4) is 0 Å². The van der Waals surface area contributed by atoms with Crippen LogP contribution in [0.15, 0.2) is 24.3 Å². The molecule has 0 aliphatic carbocycles. The van der Waals surface area contributed by atoms with E-state index in [0.717, 1.165) is 31.5 Å². The van der Waals surface area contributed by atoms with Crippen molar-refractivity contribution in [2.24, 2.45) is 5.73 Å². The van der Waals surface area contributed by atoms with E-state index < -0.39 is 0 Å². The van der Waals surface area contributed by atoms with Gasteiger partial charge in [-0.25, -0.2) is 4.39 Å². The Morgan fingerprint density at radius 1 is 1.19 bits per heavy atom. The Bertz CT molecular complexity index is 301. The zero-order valence-electron chi connectivity index (χ0n) is 10.1. The summed E-state index contributed by atoms with van der Waals surface area (Å²) in [7, 11) is 0. The lowest BCUT2D eigenvalue weighted by atomic mass is 10.0. The smallest absolute Gasteiger partial charge is 0.123 e. The molecular formula is C13H21FN2. The van der Waals surface area contributed by atoms with Gasteiger partial charge in [0.25, 0.3) is 0 Å². The van der Waals surface area contributed by atoms with E-state index in [9.17, 15) is 4.39 Å². The summed E-state index contributed by atoms with van der Waals surface area (Å²) >= 11 is 0. The molecule has 0 atom stereocenters. The topological polar surface area (TPSA) is 38.0 Å². The highest BCUT2D eigenvalue weighted by atomic mass is 19.1. The fourth-order valence-electron chi connectivity index (χ4n) is 1.42. The molecule has 3 N–H and O–H groups in total. The van der Waals surface area contributed by atoms with Crippen LogP contribution >= 0.6 is 0 Å². The van der Waals surface area contributed by atoms with Crippen molar-refractivity contribution in [2.45, 2.75) is 32.2 Å². The molecule has 16 heavy (non-hydrogen) atoms. The van der Waals surface area contributed by atoms with Gasteiger partial charge in [-0.1, -0.05) is 12.1 Å². The first kappa shape index (κ1) is 13.1. The molecule has 0 amide bonds. The maximum absolute atomic E-state index is 12.6. The predicted molar refractivity (Wildman–Crippen MR) is 65.9 cm³/mol. The Labute approximate surface area is 97.0 Å². The number of hydrogen-bond donors (Lipinski definition) is 2. The van der Waals surface area contributed by atoms with E-state index in [1.165, 1.54) is 12.1 Å². The highest BCUT2D eigenvalue weighted by Crippen LogP contribution is 2.03. The lowest BCUT2D eigenvalue weighted by Gasteiger charge is -2.18. The zero-order chi connectivity index (χ0) is 12.0. The molecule has 0 saturated heterocycles. The molecule has 0 aliphatic rings. The highest BCUT2D eigenvalue weighted by molar-refractivity contribution is 5.16. The van der Waals surface area contributed by atoms with Gasteiger partial charge in [-0.3, -0.25) is 0 Å². The molecule has 0 heterocycles. The van der Waals surface area contributed by atoms with Crippen LogP contribution in [0.2, 0.25) is 0 Å². The molecule has 1 aromatic carbocycles. The maximum Gasteiger partial charge on any atom is 0.123 e. The average molecular weight is 224 g/mol. The first-order valence-electron chi connectivity index (χ1n) is 5.71. The van der Waals surface area contributed by atoms with Gasteiger partial charge in [0, 0.05) is 5.54 Å². The number of nitrogens with one attached hydrogen (secondary N) is 1. The van der Waals surface area contributed by atoms with E-state index >= 15 is 0 Å². The monoisotopic (exact) mass is 224 g/mol. The molecule has 0 aliphatic heterocycles. The van der Waals surface area contributed by atoms with Gasteiger partial charge in [0.05, 0.1) is 0 Å². The molecule has 1 aromatic rings. The van der Waals surface area contributed by atoms with Crippen LogP contribution in [0.1, 0.15) is 25.8 Å². The molecule has 3 heteroatoms. The molecule has 0 aromatic heterocycles. The SMILES string of the molecule is CC(C)(N)CCNCCc1ccc(F)cc1. The highest BCUT2D eigenvalue weighted by Gasteiger charge is 2.08. The molecule has 0 saturated carbocycles. The minimum atomic E-state index is -0.179. The second kappa shape index (κ2) is 5.97. The van der Waals surface area contributed by atoms with E-state index in [0.29, 0.717) is 0 Å². The fraction of sp³-hybridized carbons (Fsp3) is 0.538. The lowest BCUT2D eigenvalue weighted by molar-refractivity contribution is 0.456. The first-order valence-corrected chi connectivity index (χ1v) is 5.71. The number of benzene rings is 1. The standard InChI is InChI=1S/C13H21FN2/c1-13(2,15)8-10-16-9-7-11-3-5-12(14)6-4-11/h3-6,16H,7-10,15H2,1-2H3. The molecule has 0 fully saturated rings. The third kappa shape index (κ3) is 5.83. The second-order valence-electron chi connectivity index (χ2n) is 4.87. The summed E-state index contributed by atoms with van der Waals surface area (Å²) in [5.41, 5.74) is 6.91. The maximum atomic E-state index is 12.6. The van der Waals surface area contributed by atoms with Crippen molar-refractivity contribution in [3.63, 3.8) is 0 Å². The van der Waals surface area contributed by atoms with E-state index in [2.05, 4.69) is 5.32 Å². The van der Waals surface area contributed by atoms with Crippen LogP contribution in [0.4, 0.5) is 4.39 Å². The van der Waals surface area contributed by atoms with Crippen LogP contribution in [-0.2, 0) is 6.42 Å². The molecule has 2 nitrogen and oxygen atoms in total. The second-order valence-corrected chi connectivity index (χ2v) is 4.87. The van der Waals surface area contributed by atoms with Crippen molar-refractivity contribution < 1.29 is 4.39 Å². The molecule has 1 rings (SSSR count). The lowest BCUT2D eigenvalue weighted by Crippen LogP contribution is -2.36. The quantitative estimate of drug-likeness (QED) is 0.726. The van der Waals surface area contributed by atoms with Gasteiger partial charge in [0.2, 0.25) is 0 Å². The molecule has 0 spiro atoms. The Morgan fingerprint density at radius 3 is 2.38 bits per heavy atom. The number of halogens is 1. The van der Waals surface area contributed by atoms with E-state index in [4.69, 9.17) is 5.73 Å². The van der Waals surface area contributed by atoms with E-state index in [-0.39, 0.29) is 11.4 Å². The van der Waals surface area contributed by atoms with Gasteiger partial charge < -0.3 is 11.1 Å². The third-order valence-corrected chi connectivity index (χ3v) is 2.45. The van der Waals surface area contributed by atoms with Gasteiger partial charge >= 0.3 is 0 Å². The summed E-state index contributed by atoms with van der Waals surface area (Å²) in [5, 5.41) is 3.33. The van der Waals surface area contributed by atoms with Gasteiger partial charge in [-0.2, -0.15) is 0 Å². The predicted octanol–water partition coefficient (Wildman–Crippen LogP) is 2.09. The van der Waals surface area contributed by atoms with Gasteiger partial charge in [-0.15, -0.1) is 0 Å². The summed E-state index contributed by atoms with van der Waals surface area (Å²) in [6.07, 6.45) is 1.88. The molecular weight excluding hydrogens is 203 g/mol. The van der Waals surface area contributed by atoms with Gasteiger partial charge in [-0.05, 0) is 57.5 Å². The normalized spacial score (nSPS) is 11.8. The van der Waals surface area contributed by atoms with Crippen molar-refractivity contribution in [3.05, 3.63) is 35.6 Å². The Kier molecular flexibility index (Phi) is 4.90. The number of nitrogens with two attached hydrogens (primary N) is 1. The largest absolute Gasteiger partial charge is 0.326 e. The summed E-state index contributed by atoms with van der Waals surface area (Å²) in [6, 6.07) is 6.64. The van der Waals surface area contributed by atoms with Crippen molar-refractivity contribution in [1.29, 1.82) is 0 Å². The number of hydrogen-bond acceptors (Lipinski definition) is 2. The summed E-state index contributed by atoms with van der Waals surface area (Å²) in [6.45, 7) is 5.87. The minimum absolute atomic E-state index is 0.108. The molecule has 90 valence electrons. The molecule has 0 radical (unpaired) electrons. The number of rotatable bonds is 6. The van der Waals surface area contributed by atoms with Crippen LogP contribution in [0.5, 0.6) is 0 Å². The van der Waals surface area contributed by atoms with E-state index in [1.54, 1.807) is 0 Å². The average Bonchev–Trinajstić information content (AvgIpc) is 2.19. The van der Waals surface area contributed by atoms with Crippen LogP contribution in [-0.4, -0.2) is 18.6 Å². The summed E-state index contributed by atoms with van der Waals surface area (Å²) < 4.78 is 12.6. The van der Waals surface area contributed by atoms with Gasteiger partial charge in [0.1, 0.15) is 5.82 Å². The summed E-state index contributed by atoms with van der Waals surface area (Å²) in [4.78, 5) is 0. The Morgan fingerprint density at radius 2 is 1.81 bits per heavy atom. The minimum Gasteiger partial charge on any atom is -0.326 e. The fourth-order valence-corrected chi connectivity index (χ4v) is 1.42. The van der Waals surface area contributed by atoms with Crippen LogP contribution in [0.25, 0.3) is 0 Å². The van der Waals surface area contributed by atoms with Crippen LogP contribution in [0, 0.1) is 5.82 Å². The Hall–Kier alpha value is -0.930. The van der Waals surface area contributed by atoms with Crippen LogP contribution < -0.4 is 11.1 Å². The van der Waals surface area contributed by atoms with E-state index in [1.807, 2.05) is 26.0 Å². The Balaban J connectivity index is 2.14. The zero-order valence-corrected chi connectivity index (χ0v) is 10.1. The van der Waals surface area contributed by atoms with Crippen molar-refractivity contribution in [1.82, 2.24) is 5.32 Å². The molecule has 0 bridgehead atoms. The third-order valence-electron chi connectivity index (χ3n) is 2.45.